The number of hydrogen-bond acceptors (Lipinski definition) is 4. The third kappa shape index (κ3) is 5.84. The highest BCUT2D eigenvalue weighted by Gasteiger charge is 2.09. The van der Waals surface area contributed by atoms with Gasteiger partial charge in [0.15, 0.2) is 6.73 Å². The number of nitrogens with one attached hydrogen (secondary N) is 1. The van der Waals surface area contributed by atoms with Crippen LogP contribution in [0.1, 0.15) is 39.5 Å². The summed E-state index contributed by atoms with van der Waals surface area (Å²) in [6, 6.07) is 21.5. The van der Waals surface area contributed by atoms with Gasteiger partial charge in [0.25, 0.3) is 5.91 Å². The number of anilines is 1. The van der Waals surface area contributed by atoms with Gasteiger partial charge in [-0.25, -0.2) is 4.68 Å². The van der Waals surface area contributed by atoms with Gasteiger partial charge in [-0.15, -0.1) is 0 Å². The first-order valence-electron chi connectivity index (χ1n) is 11.4. The lowest BCUT2D eigenvalue weighted by Gasteiger charge is -2.12. The van der Waals surface area contributed by atoms with Crippen molar-refractivity contribution in [1.82, 2.24) is 9.78 Å². The van der Waals surface area contributed by atoms with E-state index < -0.39 is 0 Å². The maximum Gasteiger partial charge on any atom is 0.255 e. The molecule has 0 saturated carbocycles. The van der Waals surface area contributed by atoms with Gasteiger partial charge in [-0.05, 0) is 66.8 Å². The Morgan fingerprint density at radius 2 is 1.59 bits per heavy atom. The zero-order valence-corrected chi connectivity index (χ0v) is 19.7. The Balaban J connectivity index is 1.29. The quantitative estimate of drug-likeness (QED) is 0.340. The van der Waals surface area contributed by atoms with Crippen molar-refractivity contribution in [2.24, 2.45) is 0 Å². The Kier molecular flexibility index (Phi) is 7.28. The molecule has 0 radical (unpaired) electrons. The number of carbonyl (C=O) groups is 1. The molecule has 0 bridgehead atoms. The summed E-state index contributed by atoms with van der Waals surface area (Å²) in [6.07, 6.45) is 4.34. The largest absolute Gasteiger partial charge is 0.488 e. The van der Waals surface area contributed by atoms with Crippen molar-refractivity contribution in [3.8, 4) is 11.5 Å². The Morgan fingerprint density at radius 1 is 0.912 bits per heavy atom. The minimum Gasteiger partial charge on any atom is -0.488 e. The number of hydrogen-bond donors (Lipinski definition) is 1. The number of ether oxygens (including phenoxy) is 2. The van der Waals surface area contributed by atoms with Crippen molar-refractivity contribution < 1.29 is 14.3 Å². The van der Waals surface area contributed by atoms with Crippen molar-refractivity contribution in [3.05, 3.63) is 107 Å². The summed E-state index contributed by atoms with van der Waals surface area (Å²) in [6.45, 7) is 6.89. The number of nitrogens with zero attached hydrogens (tertiary/aromatic N) is 2. The number of aromatic nitrogens is 2. The second kappa shape index (κ2) is 10.7. The molecule has 6 heteroatoms. The van der Waals surface area contributed by atoms with E-state index in [1.54, 1.807) is 29.2 Å². The molecule has 0 atom stereocenters. The van der Waals surface area contributed by atoms with Crippen LogP contribution in [0, 0.1) is 13.8 Å². The van der Waals surface area contributed by atoms with E-state index in [-0.39, 0.29) is 12.6 Å². The van der Waals surface area contributed by atoms with Crippen molar-refractivity contribution in [1.29, 1.82) is 0 Å². The van der Waals surface area contributed by atoms with E-state index in [9.17, 15) is 4.79 Å². The summed E-state index contributed by atoms with van der Waals surface area (Å²) in [5, 5.41) is 7.13. The summed E-state index contributed by atoms with van der Waals surface area (Å²) in [5.41, 5.74) is 5.65. The van der Waals surface area contributed by atoms with Crippen LogP contribution in [0.4, 0.5) is 5.69 Å². The van der Waals surface area contributed by atoms with Crippen molar-refractivity contribution in [2.75, 3.05) is 5.32 Å². The van der Waals surface area contributed by atoms with Crippen LogP contribution < -0.4 is 14.8 Å². The topological polar surface area (TPSA) is 65.4 Å². The lowest BCUT2D eigenvalue weighted by molar-refractivity contribution is 0.102. The van der Waals surface area contributed by atoms with E-state index in [1.807, 2.05) is 68.4 Å². The molecule has 0 fully saturated rings. The molecule has 0 aliphatic rings. The van der Waals surface area contributed by atoms with Gasteiger partial charge in [-0.3, -0.25) is 4.79 Å². The molecule has 34 heavy (non-hydrogen) atoms. The zero-order valence-electron chi connectivity index (χ0n) is 19.7. The minimum atomic E-state index is -0.196. The Hall–Kier alpha value is -4.06. The van der Waals surface area contributed by atoms with Gasteiger partial charge in [0.05, 0.1) is 18.1 Å². The van der Waals surface area contributed by atoms with Crippen molar-refractivity contribution in [2.45, 2.75) is 40.5 Å². The third-order valence-corrected chi connectivity index (χ3v) is 5.59. The van der Waals surface area contributed by atoms with E-state index in [2.05, 4.69) is 17.3 Å². The first kappa shape index (κ1) is 23.1. The van der Waals surface area contributed by atoms with Gasteiger partial charge < -0.3 is 14.8 Å². The Bertz CT molecular complexity index is 1220. The van der Waals surface area contributed by atoms with E-state index in [1.165, 1.54) is 5.56 Å². The molecule has 1 N–H and O–H groups in total. The molecule has 0 unspecified atom stereocenters. The molecule has 4 rings (SSSR count). The molecule has 1 aromatic heterocycles. The second-order valence-corrected chi connectivity index (χ2v) is 8.20. The number of benzene rings is 3. The molecule has 1 amide bonds. The van der Waals surface area contributed by atoms with E-state index >= 15 is 0 Å². The smallest absolute Gasteiger partial charge is 0.255 e. The van der Waals surface area contributed by atoms with E-state index in [0.29, 0.717) is 17.9 Å². The maximum absolute atomic E-state index is 12.6. The van der Waals surface area contributed by atoms with Gasteiger partial charge in [-0.2, -0.15) is 5.10 Å². The SMILES string of the molecule is CCc1ccc(OCn2cc(NC(=O)c3ccc(COc4c(C)cccc4C)cc3)cn2)cc1. The molecule has 1 heterocycles. The number of amides is 1. The highest BCUT2D eigenvalue weighted by Crippen LogP contribution is 2.23. The van der Waals surface area contributed by atoms with E-state index in [4.69, 9.17) is 9.47 Å². The summed E-state index contributed by atoms with van der Waals surface area (Å²) >= 11 is 0. The molecular formula is C28H29N3O3. The minimum absolute atomic E-state index is 0.196. The highest BCUT2D eigenvalue weighted by atomic mass is 16.5. The third-order valence-electron chi connectivity index (χ3n) is 5.59. The van der Waals surface area contributed by atoms with Gasteiger partial charge in [0.2, 0.25) is 0 Å². The molecular weight excluding hydrogens is 426 g/mol. The van der Waals surface area contributed by atoms with Gasteiger partial charge in [0, 0.05) is 5.56 Å². The zero-order chi connectivity index (χ0) is 23.9. The Morgan fingerprint density at radius 3 is 2.26 bits per heavy atom. The molecule has 6 nitrogen and oxygen atoms in total. The fourth-order valence-corrected chi connectivity index (χ4v) is 3.60. The second-order valence-electron chi connectivity index (χ2n) is 8.20. The summed E-state index contributed by atoms with van der Waals surface area (Å²) < 4.78 is 13.4. The average molecular weight is 456 g/mol. The van der Waals surface area contributed by atoms with Crippen LogP contribution in [0.3, 0.4) is 0 Å². The van der Waals surface area contributed by atoms with Crippen molar-refractivity contribution in [3.63, 3.8) is 0 Å². The fourth-order valence-electron chi connectivity index (χ4n) is 3.60. The highest BCUT2D eigenvalue weighted by molar-refractivity contribution is 6.04. The summed E-state index contributed by atoms with van der Waals surface area (Å²) in [5.74, 6) is 1.49. The van der Waals surface area contributed by atoms with Crippen LogP contribution in [0.5, 0.6) is 11.5 Å². The predicted octanol–water partition coefficient (Wildman–Crippen LogP) is 5.93. The lowest BCUT2D eigenvalue weighted by atomic mass is 10.1. The van der Waals surface area contributed by atoms with Crippen LogP contribution in [-0.4, -0.2) is 15.7 Å². The number of para-hydroxylation sites is 1. The van der Waals surface area contributed by atoms with E-state index in [0.717, 1.165) is 34.6 Å². The lowest BCUT2D eigenvalue weighted by Crippen LogP contribution is -2.11. The molecule has 0 aliphatic carbocycles. The van der Waals surface area contributed by atoms with Crippen LogP contribution >= 0.6 is 0 Å². The Labute approximate surface area is 200 Å². The van der Waals surface area contributed by atoms with Crippen molar-refractivity contribution >= 4 is 11.6 Å². The average Bonchev–Trinajstić information content (AvgIpc) is 3.30. The van der Waals surface area contributed by atoms with Crippen LogP contribution in [0.25, 0.3) is 0 Å². The standard InChI is InChI=1S/C28H29N3O3/c1-4-22-10-14-26(15-11-22)34-19-31-17-25(16-29-31)30-28(32)24-12-8-23(9-13-24)18-33-27-20(2)6-5-7-21(27)3/h5-17H,4,18-19H2,1-3H3,(H,30,32). The number of carbonyl (C=O) groups excluding carboxylic acids is 1. The molecule has 4 aromatic rings. The van der Waals surface area contributed by atoms with Crippen LogP contribution in [0.15, 0.2) is 79.1 Å². The molecule has 0 saturated heterocycles. The predicted molar refractivity (Wildman–Crippen MR) is 133 cm³/mol. The number of aryl methyl sites for hydroxylation is 3. The van der Waals surface area contributed by atoms with Gasteiger partial charge in [0.1, 0.15) is 18.1 Å². The molecule has 0 spiro atoms. The van der Waals surface area contributed by atoms with Crippen LogP contribution in [-0.2, 0) is 19.8 Å². The number of rotatable bonds is 9. The monoisotopic (exact) mass is 455 g/mol. The summed E-state index contributed by atoms with van der Waals surface area (Å²) in [7, 11) is 0. The first-order chi connectivity index (χ1) is 16.5. The molecule has 174 valence electrons. The molecule has 0 aliphatic heterocycles. The van der Waals surface area contributed by atoms with Crippen LogP contribution in [0.2, 0.25) is 0 Å². The normalized spacial score (nSPS) is 10.7. The summed E-state index contributed by atoms with van der Waals surface area (Å²) in [4.78, 5) is 12.6. The molecule has 3 aromatic carbocycles. The first-order valence-corrected chi connectivity index (χ1v) is 11.4. The maximum atomic E-state index is 12.6. The van der Waals surface area contributed by atoms with Gasteiger partial charge in [-0.1, -0.05) is 49.4 Å². The fraction of sp³-hybridized carbons (Fsp3) is 0.214. The van der Waals surface area contributed by atoms with Gasteiger partial charge >= 0.3 is 0 Å².